The van der Waals surface area contributed by atoms with E-state index in [1.54, 1.807) is 0 Å². The number of hydrogen-bond acceptors (Lipinski definition) is 8. The quantitative estimate of drug-likeness (QED) is 0.0195. The van der Waals surface area contributed by atoms with E-state index in [2.05, 4.69) is 38.2 Å². The van der Waals surface area contributed by atoms with Crippen molar-refractivity contribution in [2.75, 3.05) is 47.5 Å². The third-order valence-electron chi connectivity index (χ3n) is 16.5. The van der Waals surface area contributed by atoms with Gasteiger partial charge in [-0.25, -0.2) is 0 Å². The number of unbranched alkanes of at least 4 members (excludes halogenated alkanes) is 49. The lowest BCUT2D eigenvalue weighted by molar-refractivity contribution is -0.870. The summed E-state index contributed by atoms with van der Waals surface area (Å²) in [4.78, 5) is 37.5. The highest BCUT2D eigenvalue weighted by Crippen LogP contribution is 2.19. The van der Waals surface area contributed by atoms with Gasteiger partial charge in [-0.05, 0) is 44.9 Å². The Morgan fingerprint density at radius 2 is 0.659 bits per heavy atom. The van der Waals surface area contributed by atoms with Gasteiger partial charge in [0.1, 0.15) is 13.2 Å². The van der Waals surface area contributed by atoms with Crippen molar-refractivity contribution < 1.29 is 42.9 Å². The number of esters is 2. The summed E-state index contributed by atoms with van der Waals surface area (Å²) in [6.07, 6.45) is 77.0. The van der Waals surface area contributed by atoms with Crippen molar-refractivity contribution >= 4 is 17.9 Å². The molecule has 0 aliphatic rings. The molecule has 9 nitrogen and oxygen atoms in total. The van der Waals surface area contributed by atoms with Gasteiger partial charge >= 0.3 is 11.9 Å². The molecule has 82 heavy (non-hydrogen) atoms. The summed E-state index contributed by atoms with van der Waals surface area (Å²) >= 11 is 0. The van der Waals surface area contributed by atoms with Gasteiger partial charge in [-0.1, -0.05) is 334 Å². The van der Waals surface area contributed by atoms with Crippen LogP contribution in [0, 0.1) is 0 Å². The molecule has 2 atom stereocenters. The van der Waals surface area contributed by atoms with E-state index in [0.29, 0.717) is 17.4 Å². The molecule has 9 heteroatoms. The number of hydrogen-bond donors (Lipinski definition) is 0. The molecule has 0 saturated heterocycles. The molecule has 0 heterocycles. The molecule has 0 N–H and O–H groups in total. The van der Waals surface area contributed by atoms with Crippen LogP contribution < -0.4 is 5.11 Å². The van der Waals surface area contributed by atoms with Crippen LogP contribution >= 0.6 is 0 Å². The van der Waals surface area contributed by atoms with E-state index in [1.165, 1.54) is 295 Å². The zero-order valence-electron chi connectivity index (χ0n) is 55.4. The lowest BCUT2D eigenvalue weighted by atomic mass is 10.0. The zero-order valence-corrected chi connectivity index (χ0v) is 55.4. The number of allylic oxidation sites excluding steroid dienone is 4. The summed E-state index contributed by atoms with van der Waals surface area (Å²) < 4.78 is 22.8. The summed E-state index contributed by atoms with van der Waals surface area (Å²) in [5.41, 5.74) is 0. The summed E-state index contributed by atoms with van der Waals surface area (Å²) in [5.74, 6) is -2.25. The Morgan fingerprint density at radius 1 is 0.366 bits per heavy atom. The molecule has 0 aromatic heterocycles. The van der Waals surface area contributed by atoms with Crippen molar-refractivity contribution in [3.8, 4) is 0 Å². The average Bonchev–Trinajstić information content (AvgIpc) is 3.45. The van der Waals surface area contributed by atoms with Gasteiger partial charge in [-0.2, -0.15) is 0 Å². The number of ether oxygens (including phenoxy) is 4. The number of carboxylic acid groups (broad SMARTS) is 1. The van der Waals surface area contributed by atoms with E-state index in [9.17, 15) is 19.5 Å². The number of carbonyl (C=O) groups is 3. The number of aliphatic carboxylic acids is 1. The van der Waals surface area contributed by atoms with Crippen LogP contribution in [0.3, 0.4) is 0 Å². The summed E-state index contributed by atoms with van der Waals surface area (Å²) in [6, 6.07) is 0. The van der Waals surface area contributed by atoms with Crippen molar-refractivity contribution in [2.24, 2.45) is 0 Å². The fourth-order valence-corrected chi connectivity index (χ4v) is 10.9. The van der Waals surface area contributed by atoms with Crippen molar-refractivity contribution in [1.29, 1.82) is 0 Å². The SMILES string of the molecule is CCCCCCC/C=C\C/C=C\CCCCCCCCCCCCCCCCCCCCCC(=O)OC(COC(=O)CCCCCCCCCCCCCCCCCCCCCCCCCCCC)COC(OCC[N+](C)(C)C)C(=O)[O-]. The third-order valence-corrected chi connectivity index (χ3v) is 16.5. The standard InChI is InChI=1S/C73H139NO8/c1-6-8-10-12-14-16-18-20-22-24-26-28-30-32-34-35-36-37-38-40-42-44-46-48-50-52-54-56-58-60-62-64-71(76)82-69(68-81-73(72(77)78)79-66-65-74(3,4)5)67-80-70(75)63-61-59-57-55-53-51-49-47-45-43-41-39-33-31-29-27-25-23-21-19-17-15-13-11-9-7-2/h18,20,24,26,69,73H,6-17,19,21-23,25,27-68H2,1-5H3/b20-18-,26-24-. The van der Waals surface area contributed by atoms with E-state index < -0.39 is 24.3 Å². The maximum Gasteiger partial charge on any atom is 0.306 e. The Balaban J connectivity index is 4.04. The van der Waals surface area contributed by atoms with Crippen LogP contribution in [-0.4, -0.2) is 82.3 Å². The first kappa shape index (κ1) is 79.8. The molecular weight excluding hydrogens is 1020 g/mol. The molecular formula is C73H139NO8. The number of likely N-dealkylation sites (N-methyl/N-ethyl adjacent to an activating group) is 1. The summed E-state index contributed by atoms with van der Waals surface area (Å²) in [5, 5.41) is 11.8. The van der Waals surface area contributed by atoms with Crippen molar-refractivity contribution in [1.82, 2.24) is 0 Å². The number of carbonyl (C=O) groups excluding carboxylic acids is 3. The highest BCUT2D eigenvalue weighted by molar-refractivity contribution is 5.70. The van der Waals surface area contributed by atoms with Crippen LogP contribution in [0.5, 0.6) is 0 Å². The number of rotatable bonds is 68. The molecule has 0 radical (unpaired) electrons. The van der Waals surface area contributed by atoms with Crippen LogP contribution in [0.15, 0.2) is 24.3 Å². The molecule has 0 aliphatic carbocycles. The lowest BCUT2D eigenvalue weighted by Gasteiger charge is -2.26. The minimum atomic E-state index is -1.62. The predicted molar refractivity (Wildman–Crippen MR) is 348 cm³/mol. The van der Waals surface area contributed by atoms with Crippen molar-refractivity contribution in [2.45, 2.75) is 379 Å². The Kier molecular flexibility index (Phi) is 63.0. The monoisotopic (exact) mass is 1160 g/mol. The van der Waals surface area contributed by atoms with Crippen molar-refractivity contribution in [3.05, 3.63) is 24.3 Å². The van der Waals surface area contributed by atoms with Gasteiger partial charge in [0.05, 0.1) is 40.3 Å². The van der Waals surface area contributed by atoms with Gasteiger partial charge in [0.25, 0.3) is 0 Å². The molecule has 0 aliphatic heterocycles. The Hall–Kier alpha value is -2.23. The number of nitrogens with zero attached hydrogens (tertiary/aromatic N) is 1. The second-order valence-corrected chi connectivity index (χ2v) is 25.9. The molecule has 0 aromatic rings. The number of carboxylic acids is 1. The van der Waals surface area contributed by atoms with Gasteiger partial charge in [0.2, 0.25) is 0 Å². The lowest BCUT2D eigenvalue weighted by Crippen LogP contribution is -2.44. The minimum absolute atomic E-state index is 0.152. The molecule has 0 spiro atoms. The highest BCUT2D eigenvalue weighted by atomic mass is 16.7. The third kappa shape index (κ3) is 65.3. The van der Waals surface area contributed by atoms with E-state index in [0.717, 1.165) is 44.9 Å². The van der Waals surface area contributed by atoms with Crippen LogP contribution in [0.2, 0.25) is 0 Å². The van der Waals surface area contributed by atoms with Crippen molar-refractivity contribution in [3.63, 3.8) is 0 Å². The van der Waals surface area contributed by atoms with E-state index >= 15 is 0 Å². The van der Waals surface area contributed by atoms with Crippen LogP contribution in [0.1, 0.15) is 367 Å². The fourth-order valence-electron chi connectivity index (χ4n) is 10.9. The van der Waals surface area contributed by atoms with E-state index in [4.69, 9.17) is 18.9 Å². The second kappa shape index (κ2) is 64.8. The fraction of sp³-hybridized carbons (Fsp3) is 0.904. The molecule has 0 amide bonds. The number of quaternary nitrogens is 1. The van der Waals surface area contributed by atoms with Gasteiger partial charge < -0.3 is 33.3 Å². The molecule has 484 valence electrons. The average molecular weight is 1160 g/mol. The van der Waals surface area contributed by atoms with Crippen LogP contribution in [0.25, 0.3) is 0 Å². The minimum Gasteiger partial charge on any atom is -0.545 e. The first-order chi connectivity index (χ1) is 40.1. The van der Waals surface area contributed by atoms with Crippen LogP contribution in [0.4, 0.5) is 0 Å². The normalized spacial score (nSPS) is 12.7. The zero-order chi connectivity index (χ0) is 59.8. The molecule has 0 fully saturated rings. The molecule has 2 unspecified atom stereocenters. The maximum atomic E-state index is 12.9. The first-order valence-electron chi connectivity index (χ1n) is 36.0. The Labute approximate surface area is 509 Å². The molecule has 0 aromatic carbocycles. The van der Waals surface area contributed by atoms with Gasteiger partial charge in [0, 0.05) is 12.8 Å². The Bertz CT molecular complexity index is 1390. The highest BCUT2D eigenvalue weighted by Gasteiger charge is 2.22. The van der Waals surface area contributed by atoms with Crippen LogP contribution in [-0.2, 0) is 33.3 Å². The van der Waals surface area contributed by atoms with Gasteiger partial charge in [-0.15, -0.1) is 0 Å². The summed E-state index contributed by atoms with van der Waals surface area (Å²) in [6.45, 7) is 4.82. The van der Waals surface area contributed by atoms with Gasteiger partial charge in [0.15, 0.2) is 12.4 Å². The smallest absolute Gasteiger partial charge is 0.306 e. The Morgan fingerprint density at radius 3 is 0.963 bits per heavy atom. The van der Waals surface area contributed by atoms with E-state index in [1.807, 2.05) is 21.1 Å². The van der Waals surface area contributed by atoms with E-state index in [-0.39, 0.29) is 32.2 Å². The second-order valence-electron chi connectivity index (χ2n) is 25.9. The summed E-state index contributed by atoms with van der Waals surface area (Å²) in [7, 11) is 5.95. The molecule has 0 rings (SSSR count). The predicted octanol–water partition coefficient (Wildman–Crippen LogP) is 20.9. The topological polar surface area (TPSA) is 111 Å². The maximum absolute atomic E-state index is 12.9. The largest absolute Gasteiger partial charge is 0.545 e. The molecule has 0 bridgehead atoms. The molecule has 0 saturated carbocycles. The first-order valence-corrected chi connectivity index (χ1v) is 36.0. The van der Waals surface area contributed by atoms with Gasteiger partial charge in [-0.3, -0.25) is 9.59 Å².